The van der Waals surface area contributed by atoms with Gasteiger partial charge in [-0.05, 0) is 106 Å². The largest absolute Gasteiger partial charge is 0.467 e. The minimum absolute atomic E-state index is 0.00740. The second-order valence-electron chi connectivity index (χ2n) is 22.9. The summed E-state index contributed by atoms with van der Waals surface area (Å²) in [5, 5.41) is 2.69. The molecule has 20 nitrogen and oxygen atoms in total. The lowest BCUT2D eigenvalue weighted by atomic mass is 9.43. The number of nitrogens with one attached hydrogen (secondary N) is 1. The Morgan fingerprint density at radius 3 is 1.97 bits per heavy atom. The van der Waals surface area contributed by atoms with Gasteiger partial charge in [-0.25, -0.2) is 4.79 Å². The number of carbonyl (C=O) groups is 8. The maximum absolute atomic E-state index is 14.8. The fourth-order valence-corrected chi connectivity index (χ4v) is 14.7. The first-order valence-corrected chi connectivity index (χ1v) is 25.8. The standard InChI is InChI=1S/C52H78N2O18/c1-26-13-18-52(66-23-26)27(2)43-39(72-52)21-36-34-20-38(67-29(4)56)37-19-33(14-16-50(37,10)35(34)15-17-51(36,43)11)54(22-41(60)53-49(8,9)48(62)63-12)42(61)25-65-47-46(70-32(7)59)45(69-31(6)58)44(68-30(5)57)40(71-47)24-64-28(3)55/h26-27,33-40,43-47H,13-25H2,1-12H3,(H,53,60)/t26-,27+,33-,34-,35+,36+,37-,38-,39+,40-,43+,44-,45+,46-,47-,50-,51+,52-/m1/s1. The molecule has 404 valence electrons. The zero-order valence-electron chi connectivity index (χ0n) is 44.1. The Hall–Kier alpha value is -4.40. The van der Waals surface area contributed by atoms with Crippen LogP contribution >= 0.6 is 0 Å². The van der Waals surface area contributed by atoms with Gasteiger partial charge in [0.05, 0.1) is 26.4 Å². The molecule has 0 bridgehead atoms. The van der Waals surface area contributed by atoms with E-state index in [0.717, 1.165) is 59.8 Å². The fraction of sp³-hybridized carbons (Fsp3) is 0.846. The van der Waals surface area contributed by atoms with Gasteiger partial charge in [-0.1, -0.05) is 27.7 Å². The first-order valence-electron chi connectivity index (χ1n) is 25.8. The number of nitrogens with zero attached hydrogens (tertiary/aromatic N) is 1. The van der Waals surface area contributed by atoms with Gasteiger partial charge < -0.3 is 57.6 Å². The molecule has 3 saturated heterocycles. The van der Waals surface area contributed by atoms with E-state index in [1.54, 1.807) is 0 Å². The number of amides is 2. The molecule has 1 N–H and O–H groups in total. The number of methoxy groups -OCH3 is 1. The molecule has 1 spiro atoms. The van der Waals surface area contributed by atoms with Crippen molar-refractivity contribution >= 4 is 47.6 Å². The highest BCUT2D eigenvalue weighted by atomic mass is 16.7. The molecule has 2 amide bonds. The van der Waals surface area contributed by atoms with Crippen LogP contribution in [0.3, 0.4) is 0 Å². The van der Waals surface area contributed by atoms with E-state index in [2.05, 4.69) is 33.0 Å². The van der Waals surface area contributed by atoms with Crippen LogP contribution in [0.15, 0.2) is 0 Å². The highest BCUT2D eigenvalue weighted by molar-refractivity contribution is 5.90. The minimum Gasteiger partial charge on any atom is -0.467 e. The Labute approximate surface area is 422 Å². The summed E-state index contributed by atoms with van der Waals surface area (Å²) in [6.45, 7) is 17.0. The maximum atomic E-state index is 14.8. The SMILES string of the molecule is COC(=O)C(C)(C)NC(=O)CN(C(=O)CO[C@@H]1O[C@H](COC(C)=O)[C@@H](OC(C)=O)[C@H](OC(C)=O)[C@H]1OC(C)=O)[C@@H]1CC[C@@]2(C)[C@H](C1)[C@H](OC(C)=O)C[C@@H]1[C@@H]2CC[C@]2(C)[C@@H]3[C@H](C[C@@H]12)O[C@]1(CC[C@@H](C)CO1)[C@H]3C. The van der Waals surface area contributed by atoms with E-state index < -0.39 is 122 Å². The van der Waals surface area contributed by atoms with Crippen molar-refractivity contribution in [2.45, 2.75) is 194 Å². The van der Waals surface area contributed by atoms with Crippen molar-refractivity contribution in [1.82, 2.24) is 10.2 Å². The molecule has 7 rings (SSSR count). The average molecular weight is 1020 g/mol. The van der Waals surface area contributed by atoms with Gasteiger partial charge >= 0.3 is 35.8 Å². The van der Waals surface area contributed by atoms with Gasteiger partial charge in [-0.3, -0.25) is 33.6 Å². The van der Waals surface area contributed by atoms with E-state index in [-0.39, 0.29) is 34.7 Å². The smallest absolute Gasteiger partial charge is 0.330 e. The number of hydrogen-bond donors (Lipinski definition) is 1. The third-order valence-electron chi connectivity index (χ3n) is 17.8. The molecule has 4 aliphatic carbocycles. The molecule has 7 aliphatic rings. The van der Waals surface area contributed by atoms with Crippen molar-refractivity contribution in [1.29, 1.82) is 0 Å². The molecule has 0 aromatic carbocycles. The number of fused-ring (bicyclic) bond motifs is 7. The number of carbonyl (C=O) groups excluding carboxylic acids is 8. The van der Waals surface area contributed by atoms with Crippen molar-refractivity contribution in [2.24, 2.45) is 52.3 Å². The molecule has 7 fully saturated rings. The van der Waals surface area contributed by atoms with E-state index in [0.29, 0.717) is 56.0 Å². The Morgan fingerprint density at radius 2 is 1.36 bits per heavy atom. The Balaban J connectivity index is 1.15. The molecule has 20 heteroatoms. The van der Waals surface area contributed by atoms with Crippen molar-refractivity contribution < 1.29 is 85.7 Å². The van der Waals surface area contributed by atoms with Gasteiger partial charge in [0, 0.05) is 58.9 Å². The molecule has 18 atom stereocenters. The highest BCUT2D eigenvalue weighted by Gasteiger charge is 2.70. The van der Waals surface area contributed by atoms with Gasteiger partial charge in [0.1, 0.15) is 31.0 Å². The molecule has 4 saturated carbocycles. The quantitative estimate of drug-likeness (QED) is 0.188. The predicted octanol–water partition coefficient (Wildman–Crippen LogP) is 4.34. The molecule has 0 radical (unpaired) electrons. The van der Waals surface area contributed by atoms with Crippen LogP contribution in [0.1, 0.15) is 134 Å². The number of ether oxygens (including phenoxy) is 10. The Bertz CT molecular complexity index is 2090. The van der Waals surface area contributed by atoms with E-state index in [1.807, 2.05) is 0 Å². The predicted molar refractivity (Wildman–Crippen MR) is 250 cm³/mol. The molecule has 0 unspecified atom stereocenters. The van der Waals surface area contributed by atoms with Gasteiger partial charge in [0.15, 0.2) is 30.4 Å². The third kappa shape index (κ3) is 11.0. The lowest BCUT2D eigenvalue weighted by molar-refractivity contribution is -0.307. The van der Waals surface area contributed by atoms with E-state index in [9.17, 15) is 38.4 Å². The van der Waals surface area contributed by atoms with Crippen molar-refractivity contribution in [3.63, 3.8) is 0 Å². The molecule has 3 aliphatic heterocycles. The molecular formula is C52H78N2O18. The summed E-state index contributed by atoms with van der Waals surface area (Å²) in [5.74, 6) is -4.44. The van der Waals surface area contributed by atoms with Gasteiger partial charge in [0.2, 0.25) is 11.8 Å². The molecule has 72 heavy (non-hydrogen) atoms. The van der Waals surface area contributed by atoms with Crippen molar-refractivity contribution in [2.75, 3.05) is 33.5 Å². The topological polar surface area (TPSA) is 244 Å². The minimum atomic E-state index is -1.66. The summed E-state index contributed by atoms with van der Waals surface area (Å²) in [7, 11) is 1.20. The fourth-order valence-electron chi connectivity index (χ4n) is 14.7. The average Bonchev–Trinajstić information content (AvgIpc) is 3.74. The van der Waals surface area contributed by atoms with Crippen LogP contribution in [0, 0.1) is 52.3 Å². The van der Waals surface area contributed by atoms with Gasteiger partial charge in [-0.15, -0.1) is 0 Å². The highest BCUT2D eigenvalue weighted by Crippen LogP contribution is 2.71. The molecule has 3 heterocycles. The van der Waals surface area contributed by atoms with Crippen molar-refractivity contribution in [3.05, 3.63) is 0 Å². The zero-order chi connectivity index (χ0) is 52.8. The van der Waals surface area contributed by atoms with E-state index in [4.69, 9.17) is 47.4 Å². The van der Waals surface area contributed by atoms with E-state index >= 15 is 0 Å². The summed E-state index contributed by atoms with van der Waals surface area (Å²) >= 11 is 0. The number of esters is 6. The van der Waals surface area contributed by atoms with Crippen molar-refractivity contribution in [3.8, 4) is 0 Å². The lowest BCUT2D eigenvalue weighted by Gasteiger charge is -2.63. The summed E-state index contributed by atoms with van der Waals surface area (Å²) in [4.78, 5) is 105. The van der Waals surface area contributed by atoms with E-state index in [1.165, 1.54) is 32.8 Å². The van der Waals surface area contributed by atoms with Crippen LogP contribution < -0.4 is 5.32 Å². The monoisotopic (exact) mass is 1020 g/mol. The molecular weight excluding hydrogens is 941 g/mol. The molecule has 0 aromatic rings. The van der Waals surface area contributed by atoms with Crippen LogP contribution in [-0.2, 0) is 85.7 Å². The lowest BCUT2D eigenvalue weighted by Crippen LogP contribution is -2.63. The second-order valence-corrected chi connectivity index (χ2v) is 22.9. The summed E-state index contributed by atoms with van der Waals surface area (Å²) in [6, 6.07) is -0.584. The normalized spacial score (nSPS) is 39.9. The number of hydrogen-bond acceptors (Lipinski definition) is 18. The van der Waals surface area contributed by atoms with Gasteiger partial charge in [-0.2, -0.15) is 0 Å². The first-order chi connectivity index (χ1) is 33.7. The Morgan fingerprint density at radius 1 is 0.722 bits per heavy atom. The maximum Gasteiger partial charge on any atom is 0.330 e. The van der Waals surface area contributed by atoms with Crippen LogP contribution in [0.2, 0.25) is 0 Å². The summed E-state index contributed by atoms with van der Waals surface area (Å²) in [5.41, 5.74) is -1.76. The molecule has 0 aromatic heterocycles. The number of rotatable bonds is 14. The zero-order valence-corrected chi connectivity index (χ0v) is 44.1. The summed E-state index contributed by atoms with van der Waals surface area (Å²) in [6.07, 6.45) is -0.903. The van der Waals surface area contributed by atoms with Crippen LogP contribution in [0.25, 0.3) is 0 Å². The summed E-state index contributed by atoms with van der Waals surface area (Å²) < 4.78 is 58.9. The van der Waals surface area contributed by atoms with Crippen LogP contribution in [-0.4, -0.2) is 146 Å². The van der Waals surface area contributed by atoms with Gasteiger partial charge in [0.25, 0.3) is 0 Å². The Kier molecular flexibility index (Phi) is 16.5. The third-order valence-corrected chi connectivity index (χ3v) is 17.8. The second kappa shape index (κ2) is 21.4. The first kappa shape index (κ1) is 55.4. The van der Waals surface area contributed by atoms with Crippen LogP contribution in [0.5, 0.6) is 0 Å². The van der Waals surface area contributed by atoms with Crippen LogP contribution in [0.4, 0.5) is 0 Å².